The standard InChI is InChI=1S/C25H34Cl2N4O/c1-3-29(4-2)18-24(20-7-11-22(27)12-8-20)30-13-15-31(16-14-30)25(32)23(28)17-19-5-9-21(26)10-6-19/h5-12,23-24H,3-4,13-18,28H2,1-2H3/t23-,24?/m1/s1. The van der Waals surface area contributed by atoms with E-state index in [2.05, 4.69) is 35.8 Å². The van der Waals surface area contributed by atoms with E-state index in [1.54, 1.807) is 0 Å². The van der Waals surface area contributed by atoms with Crippen LogP contribution in [0.1, 0.15) is 31.0 Å². The number of benzene rings is 2. The molecular weight excluding hydrogens is 443 g/mol. The van der Waals surface area contributed by atoms with Crippen LogP contribution in [0.3, 0.4) is 0 Å². The highest BCUT2D eigenvalue weighted by molar-refractivity contribution is 6.30. The first-order chi connectivity index (χ1) is 15.4. The molecule has 0 aliphatic carbocycles. The SMILES string of the molecule is CCN(CC)CC(c1ccc(Cl)cc1)N1CCN(C(=O)[C@H](N)Cc2ccc(Cl)cc2)CC1. The molecule has 5 nitrogen and oxygen atoms in total. The highest BCUT2D eigenvalue weighted by atomic mass is 35.5. The summed E-state index contributed by atoms with van der Waals surface area (Å²) < 4.78 is 0. The Bertz CT molecular complexity index is 847. The minimum absolute atomic E-state index is 0.0198. The molecule has 2 N–H and O–H groups in total. The normalized spacial score (nSPS) is 16.9. The van der Waals surface area contributed by atoms with Crippen LogP contribution in [0.2, 0.25) is 10.0 Å². The van der Waals surface area contributed by atoms with Crippen molar-refractivity contribution in [2.24, 2.45) is 5.73 Å². The molecule has 1 amide bonds. The van der Waals surface area contributed by atoms with Crippen LogP contribution in [-0.4, -0.2) is 72.5 Å². The molecule has 1 unspecified atom stereocenters. The van der Waals surface area contributed by atoms with Gasteiger partial charge in [0.1, 0.15) is 0 Å². The number of piperazine rings is 1. The molecule has 3 rings (SSSR count). The lowest BCUT2D eigenvalue weighted by Gasteiger charge is -2.41. The van der Waals surface area contributed by atoms with E-state index in [0.29, 0.717) is 24.5 Å². The van der Waals surface area contributed by atoms with Gasteiger partial charge < -0.3 is 15.5 Å². The van der Waals surface area contributed by atoms with Crippen LogP contribution in [0.5, 0.6) is 0 Å². The summed E-state index contributed by atoms with van der Waals surface area (Å²) in [4.78, 5) is 19.8. The molecule has 2 atom stereocenters. The first kappa shape index (κ1) is 25.0. The van der Waals surface area contributed by atoms with Crippen molar-refractivity contribution >= 4 is 29.1 Å². The molecule has 0 bridgehead atoms. The number of carbonyl (C=O) groups excluding carboxylic acids is 1. The first-order valence-electron chi connectivity index (χ1n) is 11.4. The van der Waals surface area contributed by atoms with Crippen molar-refractivity contribution in [3.05, 3.63) is 69.7 Å². The largest absolute Gasteiger partial charge is 0.339 e. The van der Waals surface area contributed by atoms with Crippen LogP contribution in [0.25, 0.3) is 0 Å². The van der Waals surface area contributed by atoms with Crippen molar-refractivity contribution in [3.8, 4) is 0 Å². The molecule has 1 fully saturated rings. The smallest absolute Gasteiger partial charge is 0.239 e. The van der Waals surface area contributed by atoms with Crippen LogP contribution in [0.4, 0.5) is 0 Å². The molecule has 1 aliphatic heterocycles. The maximum atomic E-state index is 13.0. The lowest BCUT2D eigenvalue weighted by atomic mass is 10.0. The Balaban J connectivity index is 1.62. The van der Waals surface area contributed by atoms with Crippen molar-refractivity contribution in [1.29, 1.82) is 0 Å². The second kappa shape index (κ2) is 12.0. The fourth-order valence-corrected chi connectivity index (χ4v) is 4.55. The minimum Gasteiger partial charge on any atom is -0.339 e. The van der Waals surface area contributed by atoms with E-state index in [-0.39, 0.29) is 11.9 Å². The van der Waals surface area contributed by atoms with Gasteiger partial charge in [-0.15, -0.1) is 0 Å². The number of likely N-dealkylation sites (N-methyl/N-ethyl adjacent to an activating group) is 1. The molecule has 0 aromatic heterocycles. The lowest BCUT2D eigenvalue weighted by Crippen LogP contribution is -2.55. The molecule has 2 aromatic carbocycles. The number of carbonyl (C=O) groups is 1. The maximum Gasteiger partial charge on any atom is 0.239 e. The van der Waals surface area contributed by atoms with Crippen molar-refractivity contribution in [3.63, 3.8) is 0 Å². The molecule has 1 aliphatic rings. The van der Waals surface area contributed by atoms with E-state index < -0.39 is 6.04 Å². The molecule has 1 saturated heterocycles. The van der Waals surface area contributed by atoms with Gasteiger partial charge in [-0.1, -0.05) is 61.3 Å². The van der Waals surface area contributed by atoms with E-state index in [9.17, 15) is 4.79 Å². The number of nitrogens with zero attached hydrogens (tertiary/aromatic N) is 3. The van der Waals surface area contributed by atoms with Crippen LogP contribution in [-0.2, 0) is 11.2 Å². The van der Waals surface area contributed by atoms with Gasteiger partial charge in [0.2, 0.25) is 5.91 Å². The molecular formula is C25H34Cl2N4O. The Kier molecular flexibility index (Phi) is 9.38. The number of halogens is 2. The Morgan fingerprint density at radius 1 is 0.938 bits per heavy atom. The van der Waals surface area contributed by atoms with Gasteiger partial charge in [-0.3, -0.25) is 9.69 Å². The Hall–Kier alpha value is -1.63. The number of amides is 1. The zero-order valence-corrected chi connectivity index (χ0v) is 20.5. The average Bonchev–Trinajstić information content (AvgIpc) is 2.82. The van der Waals surface area contributed by atoms with Crippen molar-refractivity contribution in [2.45, 2.75) is 32.4 Å². The summed E-state index contributed by atoms with van der Waals surface area (Å²) in [7, 11) is 0. The average molecular weight is 477 g/mol. The second-order valence-corrected chi connectivity index (χ2v) is 9.22. The van der Waals surface area contributed by atoms with Gasteiger partial charge in [0.05, 0.1) is 6.04 Å². The van der Waals surface area contributed by atoms with Gasteiger partial charge in [-0.2, -0.15) is 0 Å². The molecule has 0 spiro atoms. The molecule has 32 heavy (non-hydrogen) atoms. The summed E-state index contributed by atoms with van der Waals surface area (Å²) in [5.41, 5.74) is 8.55. The van der Waals surface area contributed by atoms with E-state index in [0.717, 1.165) is 43.3 Å². The molecule has 0 saturated carbocycles. The number of rotatable bonds is 9. The quantitative estimate of drug-likeness (QED) is 0.591. The first-order valence-corrected chi connectivity index (χ1v) is 12.2. The fourth-order valence-electron chi connectivity index (χ4n) is 4.29. The Morgan fingerprint density at radius 2 is 1.47 bits per heavy atom. The monoisotopic (exact) mass is 476 g/mol. The third-order valence-electron chi connectivity index (χ3n) is 6.33. The molecule has 7 heteroatoms. The van der Waals surface area contributed by atoms with Gasteiger partial charge >= 0.3 is 0 Å². The van der Waals surface area contributed by atoms with Gasteiger partial charge in [0.15, 0.2) is 0 Å². The topological polar surface area (TPSA) is 52.8 Å². The highest BCUT2D eigenvalue weighted by Gasteiger charge is 2.30. The Morgan fingerprint density at radius 3 is 2.00 bits per heavy atom. The van der Waals surface area contributed by atoms with Gasteiger partial charge in [-0.25, -0.2) is 0 Å². The molecule has 174 valence electrons. The number of hydrogen-bond acceptors (Lipinski definition) is 4. The summed E-state index contributed by atoms with van der Waals surface area (Å²) in [6.07, 6.45) is 0.519. The van der Waals surface area contributed by atoms with Gasteiger partial charge in [0.25, 0.3) is 0 Å². The van der Waals surface area contributed by atoms with Gasteiger partial charge in [-0.05, 0) is 54.9 Å². The maximum absolute atomic E-state index is 13.0. The summed E-state index contributed by atoms with van der Waals surface area (Å²) in [6, 6.07) is 15.4. The summed E-state index contributed by atoms with van der Waals surface area (Å²) in [6.45, 7) is 10.4. The number of nitrogens with two attached hydrogens (primary N) is 1. The summed E-state index contributed by atoms with van der Waals surface area (Å²) in [5, 5.41) is 1.44. The fraction of sp³-hybridized carbons (Fsp3) is 0.480. The zero-order chi connectivity index (χ0) is 23.1. The predicted molar refractivity (Wildman–Crippen MR) is 133 cm³/mol. The van der Waals surface area contributed by atoms with Crippen LogP contribution in [0.15, 0.2) is 48.5 Å². The van der Waals surface area contributed by atoms with E-state index in [1.807, 2.05) is 41.3 Å². The third-order valence-corrected chi connectivity index (χ3v) is 6.84. The second-order valence-electron chi connectivity index (χ2n) is 8.35. The van der Waals surface area contributed by atoms with Crippen molar-refractivity contribution in [2.75, 3.05) is 45.8 Å². The molecule has 2 aromatic rings. The third kappa shape index (κ3) is 6.69. The minimum atomic E-state index is -0.537. The highest BCUT2D eigenvalue weighted by Crippen LogP contribution is 2.25. The predicted octanol–water partition coefficient (Wildman–Crippen LogP) is 4.09. The van der Waals surface area contributed by atoms with E-state index in [1.165, 1.54) is 5.56 Å². The summed E-state index contributed by atoms with van der Waals surface area (Å²) >= 11 is 12.1. The summed E-state index contributed by atoms with van der Waals surface area (Å²) in [5.74, 6) is 0.0198. The van der Waals surface area contributed by atoms with Gasteiger partial charge in [0, 0.05) is 48.8 Å². The molecule has 1 heterocycles. The van der Waals surface area contributed by atoms with Crippen LogP contribution >= 0.6 is 23.2 Å². The van der Waals surface area contributed by atoms with Crippen LogP contribution < -0.4 is 5.73 Å². The Labute approximate surface area is 202 Å². The lowest BCUT2D eigenvalue weighted by molar-refractivity contribution is -0.134. The van der Waals surface area contributed by atoms with Crippen molar-refractivity contribution in [1.82, 2.24) is 14.7 Å². The number of hydrogen-bond donors (Lipinski definition) is 1. The van der Waals surface area contributed by atoms with E-state index >= 15 is 0 Å². The van der Waals surface area contributed by atoms with Crippen LogP contribution in [0, 0.1) is 0 Å². The molecule has 0 radical (unpaired) electrons. The van der Waals surface area contributed by atoms with Crippen molar-refractivity contribution < 1.29 is 4.79 Å². The zero-order valence-electron chi connectivity index (χ0n) is 19.0. The van der Waals surface area contributed by atoms with E-state index in [4.69, 9.17) is 28.9 Å².